The van der Waals surface area contributed by atoms with E-state index in [1.54, 1.807) is 49.4 Å². The van der Waals surface area contributed by atoms with E-state index in [0.29, 0.717) is 32.0 Å². The summed E-state index contributed by atoms with van der Waals surface area (Å²) in [5, 5.41) is 14.9. The average Bonchev–Trinajstić information content (AvgIpc) is 3.20. The molecule has 1 heterocycles. The molecular formula is C24H19F2N3O3S. The lowest BCUT2D eigenvalue weighted by Crippen LogP contribution is -2.40. The number of thiazole rings is 1. The summed E-state index contributed by atoms with van der Waals surface area (Å²) in [6.07, 6.45) is 0.271. The van der Waals surface area contributed by atoms with E-state index in [2.05, 4.69) is 15.6 Å². The number of carbonyl (C=O) groups excluding carboxylic acids is 1. The highest BCUT2D eigenvalue weighted by Crippen LogP contribution is 2.31. The van der Waals surface area contributed by atoms with Crippen LogP contribution in [0.15, 0.2) is 60.7 Å². The maximum Gasteiger partial charge on any atom is 0.326 e. The number of carboxylic acid groups (broad SMARTS) is 1. The molecule has 1 aromatic heterocycles. The number of hydrogen-bond donors (Lipinski definition) is 3. The number of amides is 1. The molecule has 0 radical (unpaired) electrons. The SMILES string of the molecule is CC[C@H](NC(=O)c1ccc(-c2ccc(Nc3nc4ccc(F)cc4s3)c(F)c2)cc1)C(=O)O. The Kier molecular flexibility index (Phi) is 6.32. The number of rotatable bonds is 7. The number of nitrogens with zero attached hydrogens (tertiary/aromatic N) is 1. The van der Waals surface area contributed by atoms with Gasteiger partial charge in [-0.3, -0.25) is 4.79 Å². The van der Waals surface area contributed by atoms with Crippen LogP contribution in [0.4, 0.5) is 19.6 Å². The third kappa shape index (κ3) is 4.98. The Morgan fingerprint density at radius 2 is 1.76 bits per heavy atom. The van der Waals surface area contributed by atoms with E-state index < -0.39 is 23.7 Å². The van der Waals surface area contributed by atoms with Crippen molar-refractivity contribution >= 4 is 44.2 Å². The lowest BCUT2D eigenvalue weighted by atomic mass is 10.0. The molecular weight excluding hydrogens is 448 g/mol. The monoisotopic (exact) mass is 467 g/mol. The van der Waals surface area contributed by atoms with E-state index in [1.165, 1.54) is 29.5 Å². The summed E-state index contributed by atoms with van der Waals surface area (Å²) in [4.78, 5) is 27.7. The molecule has 0 bridgehead atoms. The normalized spacial score (nSPS) is 11.8. The minimum absolute atomic E-state index is 0.230. The highest BCUT2D eigenvalue weighted by molar-refractivity contribution is 7.22. The number of hydrogen-bond acceptors (Lipinski definition) is 5. The molecule has 1 amide bonds. The van der Waals surface area contributed by atoms with Gasteiger partial charge in [-0.05, 0) is 60.0 Å². The number of halogens is 2. The van der Waals surface area contributed by atoms with Gasteiger partial charge in [-0.2, -0.15) is 0 Å². The first-order chi connectivity index (χ1) is 15.8. The van der Waals surface area contributed by atoms with Gasteiger partial charge in [0.25, 0.3) is 5.91 Å². The molecule has 9 heteroatoms. The lowest BCUT2D eigenvalue weighted by molar-refractivity contribution is -0.139. The van der Waals surface area contributed by atoms with Crippen LogP contribution in [0.3, 0.4) is 0 Å². The minimum atomic E-state index is -1.09. The standard InChI is InChI=1S/C24H19F2N3O3S/c1-2-18(23(31)32)27-22(30)14-5-3-13(4-6-14)15-7-9-19(17(26)11-15)28-24-29-20-10-8-16(25)12-21(20)33-24/h3-12,18H,2H2,1H3,(H,27,30)(H,28,29)(H,31,32)/t18-/m0/s1. The summed E-state index contributed by atoms with van der Waals surface area (Å²) in [6, 6.07) is 14.4. The smallest absolute Gasteiger partial charge is 0.326 e. The third-order valence-corrected chi connectivity index (χ3v) is 5.99. The second-order valence-electron chi connectivity index (χ2n) is 7.30. The van der Waals surface area contributed by atoms with Crippen LogP contribution in [0.1, 0.15) is 23.7 Å². The van der Waals surface area contributed by atoms with Crippen LogP contribution >= 0.6 is 11.3 Å². The molecule has 33 heavy (non-hydrogen) atoms. The Balaban J connectivity index is 1.49. The van der Waals surface area contributed by atoms with Crippen molar-refractivity contribution in [1.29, 1.82) is 0 Å². The number of carboxylic acids is 1. The van der Waals surface area contributed by atoms with Gasteiger partial charge in [0.1, 0.15) is 17.7 Å². The van der Waals surface area contributed by atoms with Crippen molar-refractivity contribution in [3.05, 3.63) is 77.9 Å². The molecule has 6 nitrogen and oxygen atoms in total. The zero-order valence-electron chi connectivity index (χ0n) is 17.4. The minimum Gasteiger partial charge on any atom is -0.480 e. The van der Waals surface area contributed by atoms with Gasteiger partial charge in [0.05, 0.1) is 15.9 Å². The topological polar surface area (TPSA) is 91.3 Å². The van der Waals surface area contributed by atoms with Crippen molar-refractivity contribution in [2.24, 2.45) is 0 Å². The van der Waals surface area contributed by atoms with Gasteiger partial charge in [-0.15, -0.1) is 0 Å². The van der Waals surface area contributed by atoms with Crippen LogP contribution in [-0.2, 0) is 4.79 Å². The molecule has 3 aromatic carbocycles. The number of carbonyl (C=O) groups is 2. The maximum absolute atomic E-state index is 14.7. The van der Waals surface area contributed by atoms with Gasteiger partial charge in [0.2, 0.25) is 0 Å². The van der Waals surface area contributed by atoms with Crippen LogP contribution in [0.2, 0.25) is 0 Å². The van der Waals surface area contributed by atoms with E-state index in [-0.39, 0.29) is 17.9 Å². The quantitative estimate of drug-likeness (QED) is 0.330. The highest BCUT2D eigenvalue weighted by Gasteiger charge is 2.18. The summed E-state index contributed by atoms with van der Waals surface area (Å²) >= 11 is 1.22. The molecule has 3 N–H and O–H groups in total. The largest absolute Gasteiger partial charge is 0.480 e. The van der Waals surface area contributed by atoms with Crippen molar-refractivity contribution in [3.63, 3.8) is 0 Å². The van der Waals surface area contributed by atoms with Gasteiger partial charge in [-0.1, -0.05) is 36.5 Å². The van der Waals surface area contributed by atoms with Crippen LogP contribution in [0.25, 0.3) is 21.3 Å². The molecule has 0 saturated heterocycles. The lowest BCUT2D eigenvalue weighted by Gasteiger charge is -2.12. The van der Waals surface area contributed by atoms with E-state index in [1.807, 2.05) is 0 Å². The molecule has 0 fully saturated rings. The fourth-order valence-corrected chi connectivity index (χ4v) is 4.16. The summed E-state index contributed by atoms with van der Waals surface area (Å²) in [6.45, 7) is 1.67. The predicted octanol–water partition coefficient (Wildman–Crippen LogP) is 5.58. The first kappa shape index (κ1) is 22.3. The number of fused-ring (bicyclic) bond motifs is 1. The zero-order valence-corrected chi connectivity index (χ0v) is 18.2. The number of aromatic nitrogens is 1. The van der Waals surface area contributed by atoms with E-state index >= 15 is 0 Å². The predicted molar refractivity (Wildman–Crippen MR) is 124 cm³/mol. The first-order valence-electron chi connectivity index (χ1n) is 10.1. The fourth-order valence-electron chi connectivity index (χ4n) is 3.26. The van der Waals surface area contributed by atoms with Gasteiger partial charge < -0.3 is 15.7 Å². The van der Waals surface area contributed by atoms with Gasteiger partial charge in [0, 0.05) is 5.56 Å². The van der Waals surface area contributed by atoms with E-state index in [4.69, 9.17) is 5.11 Å². The molecule has 0 unspecified atom stereocenters. The molecule has 0 aliphatic heterocycles. The summed E-state index contributed by atoms with van der Waals surface area (Å²) in [7, 11) is 0. The van der Waals surface area contributed by atoms with Crippen LogP contribution in [-0.4, -0.2) is 28.0 Å². The van der Waals surface area contributed by atoms with Crippen molar-refractivity contribution < 1.29 is 23.5 Å². The molecule has 0 aliphatic carbocycles. The van der Waals surface area contributed by atoms with E-state index in [9.17, 15) is 18.4 Å². The number of benzene rings is 3. The molecule has 0 saturated carbocycles. The highest BCUT2D eigenvalue weighted by atomic mass is 32.1. The Bertz CT molecular complexity index is 1340. The van der Waals surface area contributed by atoms with Crippen LogP contribution < -0.4 is 10.6 Å². The van der Waals surface area contributed by atoms with Gasteiger partial charge in [0.15, 0.2) is 5.13 Å². The molecule has 4 aromatic rings. The van der Waals surface area contributed by atoms with Crippen LogP contribution in [0, 0.1) is 11.6 Å². The molecule has 0 aliphatic rings. The second-order valence-corrected chi connectivity index (χ2v) is 8.33. The fraction of sp³-hybridized carbons (Fsp3) is 0.125. The van der Waals surface area contributed by atoms with Gasteiger partial charge >= 0.3 is 5.97 Å². The number of aliphatic carboxylic acids is 1. The van der Waals surface area contributed by atoms with Crippen LogP contribution in [0.5, 0.6) is 0 Å². The maximum atomic E-state index is 14.7. The van der Waals surface area contributed by atoms with Gasteiger partial charge in [-0.25, -0.2) is 18.6 Å². The van der Waals surface area contributed by atoms with Crippen molar-refractivity contribution in [2.45, 2.75) is 19.4 Å². The Labute approximate surface area is 191 Å². The summed E-state index contributed by atoms with van der Waals surface area (Å²) in [5.74, 6) is -2.43. The molecule has 4 rings (SSSR count). The van der Waals surface area contributed by atoms with Crippen molar-refractivity contribution in [1.82, 2.24) is 10.3 Å². The third-order valence-electron chi connectivity index (χ3n) is 5.05. The van der Waals surface area contributed by atoms with Crippen molar-refractivity contribution in [2.75, 3.05) is 5.32 Å². The summed E-state index contributed by atoms with van der Waals surface area (Å²) < 4.78 is 28.8. The number of anilines is 2. The molecule has 168 valence electrons. The number of nitrogens with one attached hydrogen (secondary N) is 2. The average molecular weight is 467 g/mol. The Morgan fingerprint density at radius 3 is 2.42 bits per heavy atom. The zero-order chi connectivity index (χ0) is 23.5. The molecule has 1 atom stereocenters. The summed E-state index contributed by atoms with van der Waals surface area (Å²) in [5.41, 5.74) is 2.46. The van der Waals surface area contributed by atoms with E-state index in [0.717, 1.165) is 0 Å². The Morgan fingerprint density at radius 1 is 1.03 bits per heavy atom. The Hall–Kier alpha value is -3.85. The molecule has 0 spiro atoms. The second kappa shape index (κ2) is 9.33. The first-order valence-corrected chi connectivity index (χ1v) is 10.9. The van der Waals surface area contributed by atoms with Crippen molar-refractivity contribution in [3.8, 4) is 11.1 Å².